The molecule has 3 rings (SSSR count). The van der Waals surface area contributed by atoms with Crippen LogP contribution in [-0.2, 0) is 6.54 Å². The molecule has 1 amide bonds. The van der Waals surface area contributed by atoms with E-state index in [1.54, 1.807) is 6.07 Å². The van der Waals surface area contributed by atoms with Gasteiger partial charge in [0, 0.05) is 31.3 Å². The molecule has 1 saturated heterocycles. The molecule has 1 aliphatic rings. The summed E-state index contributed by atoms with van der Waals surface area (Å²) in [4.78, 5) is 14.1. The zero-order valence-electron chi connectivity index (χ0n) is 12.8. The number of rotatable bonds is 5. The lowest BCUT2D eigenvalue weighted by atomic mass is 10.1. The van der Waals surface area contributed by atoms with Crippen molar-refractivity contribution >= 4 is 11.7 Å². The third-order valence-electron chi connectivity index (χ3n) is 4.12. The van der Waals surface area contributed by atoms with Crippen molar-refractivity contribution in [2.24, 2.45) is 5.92 Å². The summed E-state index contributed by atoms with van der Waals surface area (Å²) in [5.41, 5.74) is 6.56. The van der Waals surface area contributed by atoms with Gasteiger partial charge in [0.2, 0.25) is 0 Å². The molecule has 2 aromatic rings. The van der Waals surface area contributed by atoms with Crippen LogP contribution in [0.1, 0.15) is 22.5 Å². The topological polar surface area (TPSA) is 87.0 Å². The van der Waals surface area contributed by atoms with Gasteiger partial charge in [-0.2, -0.15) is 5.10 Å². The number of amides is 1. The Labute approximate surface area is 133 Å². The molecule has 7 heteroatoms. The number of halogens is 1. The maximum absolute atomic E-state index is 13.7. The number of nitrogen functional groups attached to an aromatic ring is 1. The van der Waals surface area contributed by atoms with Crippen LogP contribution in [0.4, 0.5) is 10.2 Å². The first-order valence-electron chi connectivity index (χ1n) is 7.66. The highest BCUT2D eigenvalue weighted by molar-refractivity contribution is 5.92. The van der Waals surface area contributed by atoms with E-state index < -0.39 is 0 Å². The lowest BCUT2D eigenvalue weighted by Gasteiger charge is -2.16. The zero-order chi connectivity index (χ0) is 16.2. The smallest absolute Gasteiger partial charge is 0.269 e. The van der Waals surface area contributed by atoms with E-state index in [4.69, 9.17) is 5.73 Å². The largest absolute Gasteiger partial charge is 0.382 e. The van der Waals surface area contributed by atoms with E-state index in [1.807, 2.05) is 12.1 Å². The van der Waals surface area contributed by atoms with Gasteiger partial charge in [-0.15, -0.1) is 0 Å². The van der Waals surface area contributed by atoms with Gasteiger partial charge in [0.25, 0.3) is 5.91 Å². The molecule has 1 aromatic heterocycles. The van der Waals surface area contributed by atoms with Crippen molar-refractivity contribution in [3.63, 3.8) is 0 Å². The number of anilines is 1. The van der Waals surface area contributed by atoms with Crippen molar-refractivity contribution in [1.82, 2.24) is 20.4 Å². The zero-order valence-corrected chi connectivity index (χ0v) is 12.8. The van der Waals surface area contributed by atoms with Crippen molar-refractivity contribution in [3.05, 3.63) is 47.4 Å². The van der Waals surface area contributed by atoms with Crippen LogP contribution < -0.4 is 11.1 Å². The number of nitrogens with one attached hydrogen (secondary N) is 2. The quantitative estimate of drug-likeness (QED) is 0.777. The van der Waals surface area contributed by atoms with Gasteiger partial charge in [-0.05, 0) is 24.9 Å². The average Bonchev–Trinajstić information content (AvgIpc) is 3.16. The van der Waals surface area contributed by atoms with E-state index in [9.17, 15) is 9.18 Å². The van der Waals surface area contributed by atoms with Crippen LogP contribution in [0.3, 0.4) is 0 Å². The van der Waals surface area contributed by atoms with Gasteiger partial charge >= 0.3 is 0 Å². The number of nitrogens with zero attached hydrogens (tertiary/aromatic N) is 2. The molecule has 0 spiro atoms. The number of likely N-dealkylation sites (tertiary alicyclic amines) is 1. The summed E-state index contributed by atoms with van der Waals surface area (Å²) in [6.07, 6.45) is 0.986. The minimum absolute atomic E-state index is 0.166. The molecule has 6 nitrogen and oxygen atoms in total. The van der Waals surface area contributed by atoms with Crippen molar-refractivity contribution in [2.75, 3.05) is 25.4 Å². The number of H-pyrrole nitrogens is 1. The maximum Gasteiger partial charge on any atom is 0.269 e. The van der Waals surface area contributed by atoms with Gasteiger partial charge in [0.1, 0.15) is 17.3 Å². The third kappa shape index (κ3) is 3.87. The number of aromatic amines is 1. The van der Waals surface area contributed by atoms with Crippen molar-refractivity contribution in [2.45, 2.75) is 13.0 Å². The Morgan fingerprint density at radius 3 is 3.04 bits per heavy atom. The second-order valence-electron chi connectivity index (χ2n) is 5.90. The highest BCUT2D eigenvalue weighted by atomic mass is 19.1. The summed E-state index contributed by atoms with van der Waals surface area (Å²) in [6.45, 7) is 2.95. The maximum atomic E-state index is 13.7. The Kier molecular flexibility index (Phi) is 4.57. The highest BCUT2D eigenvalue weighted by Crippen LogP contribution is 2.19. The van der Waals surface area contributed by atoms with E-state index in [2.05, 4.69) is 20.4 Å². The summed E-state index contributed by atoms with van der Waals surface area (Å²) in [7, 11) is 0. The Morgan fingerprint density at radius 2 is 2.30 bits per heavy atom. The molecular weight excluding hydrogens is 297 g/mol. The van der Waals surface area contributed by atoms with E-state index in [-0.39, 0.29) is 11.7 Å². The fourth-order valence-corrected chi connectivity index (χ4v) is 2.88. The number of benzene rings is 1. The van der Waals surface area contributed by atoms with E-state index in [0.717, 1.165) is 19.5 Å². The molecule has 1 atom stereocenters. The first kappa shape index (κ1) is 15.5. The van der Waals surface area contributed by atoms with Crippen molar-refractivity contribution in [3.8, 4) is 0 Å². The second-order valence-corrected chi connectivity index (χ2v) is 5.90. The van der Waals surface area contributed by atoms with E-state index >= 15 is 0 Å². The summed E-state index contributed by atoms with van der Waals surface area (Å²) < 4.78 is 13.7. The second kappa shape index (κ2) is 6.78. The monoisotopic (exact) mass is 317 g/mol. The Hall–Kier alpha value is -2.41. The van der Waals surface area contributed by atoms with Crippen LogP contribution in [0, 0.1) is 11.7 Å². The molecule has 23 heavy (non-hydrogen) atoms. The van der Waals surface area contributed by atoms with Crippen molar-refractivity contribution in [1.29, 1.82) is 0 Å². The van der Waals surface area contributed by atoms with Crippen LogP contribution in [0.25, 0.3) is 0 Å². The molecule has 0 aliphatic carbocycles. The standard InChI is InChI=1S/C16H20FN5O/c17-13-4-2-1-3-12(13)10-22-6-5-11(9-22)8-19-16(23)14-7-15(18)21-20-14/h1-4,7,11H,5-6,8-10H2,(H,19,23)(H3,18,20,21). The molecule has 1 aromatic carbocycles. The predicted octanol–water partition coefficient (Wildman–Crippen LogP) is 1.38. The van der Waals surface area contributed by atoms with Gasteiger partial charge in [-0.1, -0.05) is 18.2 Å². The SMILES string of the molecule is Nc1cc(C(=O)NCC2CCN(Cc3ccccc3F)C2)[nH]n1. The molecule has 0 bridgehead atoms. The summed E-state index contributed by atoms with van der Waals surface area (Å²) in [6, 6.07) is 8.35. The Morgan fingerprint density at radius 1 is 1.48 bits per heavy atom. The van der Waals surface area contributed by atoms with E-state index in [0.29, 0.717) is 36.1 Å². The van der Waals surface area contributed by atoms with E-state index in [1.165, 1.54) is 12.1 Å². The van der Waals surface area contributed by atoms with Gasteiger partial charge < -0.3 is 11.1 Å². The van der Waals surface area contributed by atoms with Crippen LogP contribution in [0.15, 0.2) is 30.3 Å². The molecule has 1 aliphatic heterocycles. The molecule has 4 N–H and O–H groups in total. The lowest BCUT2D eigenvalue weighted by Crippen LogP contribution is -2.31. The third-order valence-corrected chi connectivity index (χ3v) is 4.12. The molecule has 1 unspecified atom stereocenters. The molecule has 0 radical (unpaired) electrons. The van der Waals surface area contributed by atoms with Gasteiger partial charge in [0.05, 0.1) is 0 Å². The number of hydrogen-bond donors (Lipinski definition) is 3. The van der Waals surface area contributed by atoms with Gasteiger partial charge in [-0.3, -0.25) is 14.8 Å². The number of hydrogen-bond acceptors (Lipinski definition) is 4. The Balaban J connectivity index is 1.47. The van der Waals surface area contributed by atoms with Crippen LogP contribution in [0.2, 0.25) is 0 Å². The fraction of sp³-hybridized carbons (Fsp3) is 0.375. The molecule has 122 valence electrons. The summed E-state index contributed by atoms with van der Waals surface area (Å²) in [5, 5.41) is 9.21. The number of aromatic nitrogens is 2. The normalized spacial score (nSPS) is 18.2. The molecule has 1 fully saturated rings. The minimum atomic E-state index is -0.207. The number of nitrogens with two attached hydrogens (primary N) is 1. The average molecular weight is 317 g/mol. The number of carbonyl (C=O) groups excluding carboxylic acids is 1. The summed E-state index contributed by atoms with van der Waals surface area (Å²) >= 11 is 0. The molecule has 2 heterocycles. The van der Waals surface area contributed by atoms with Crippen LogP contribution >= 0.6 is 0 Å². The Bertz CT molecular complexity index is 687. The first-order chi connectivity index (χ1) is 11.1. The predicted molar refractivity (Wildman–Crippen MR) is 85.1 cm³/mol. The molecular formula is C16H20FN5O. The highest BCUT2D eigenvalue weighted by Gasteiger charge is 2.23. The van der Waals surface area contributed by atoms with Crippen molar-refractivity contribution < 1.29 is 9.18 Å². The van der Waals surface area contributed by atoms with Gasteiger partial charge in [-0.25, -0.2) is 4.39 Å². The van der Waals surface area contributed by atoms with Crippen LogP contribution in [0.5, 0.6) is 0 Å². The minimum Gasteiger partial charge on any atom is -0.382 e. The fourth-order valence-electron chi connectivity index (χ4n) is 2.88. The summed E-state index contributed by atoms with van der Waals surface area (Å²) in [5.74, 6) is 0.293. The molecule has 0 saturated carbocycles. The van der Waals surface area contributed by atoms with Gasteiger partial charge in [0.15, 0.2) is 0 Å². The van der Waals surface area contributed by atoms with Crippen LogP contribution in [-0.4, -0.2) is 40.6 Å². The first-order valence-corrected chi connectivity index (χ1v) is 7.66. The lowest BCUT2D eigenvalue weighted by molar-refractivity contribution is 0.0942. The number of carbonyl (C=O) groups is 1.